The number of halogens is 11. The van der Waals surface area contributed by atoms with Crippen LogP contribution in [0.5, 0.6) is 0 Å². The first-order valence-electron chi connectivity index (χ1n) is 6.60. The van der Waals surface area contributed by atoms with Crippen LogP contribution >= 0.6 is 0 Å². The van der Waals surface area contributed by atoms with E-state index in [9.17, 15) is 53.1 Å². The van der Waals surface area contributed by atoms with Gasteiger partial charge in [0.05, 0.1) is 5.39 Å². The van der Waals surface area contributed by atoms with E-state index in [-0.39, 0.29) is 0 Å². The van der Waals surface area contributed by atoms with Gasteiger partial charge in [-0.05, 0) is 12.1 Å². The van der Waals surface area contributed by atoms with Crippen molar-refractivity contribution in [2.24, 2.45) is 0 Å². The molecule has 0 saturated heterocycles. The van der Waals surface area contributed by atoms with Crippen molar-refractivity contribution >= 4 is 11.0 Å². The van der Waals surface area contributed by atoms with Crippen LogP contribution in [0.15, 0.2) is 39.5 Å². The fourth-order valence-electron chi connectivity index (χ4n) is 1.99. The molecule has 27 heavy (non-hydrogen) atoms. The maximum absolute atomic E-state index is 13.9. The highest BCUT2D eigenvalue weighted by atomic mass is 19.4. The molecule has 0 atom stereocenters. The minimum Gasteiger partial charge on any atom is -0.454 e. The first-order valence-corrected chi connectivity index (χ1v) is 6.60. The summed E-state index contributed by atoms with van der Waals surface area (Å²) in [5, 5.41) is -0.451. The topological polar surface area (TPSA) is 30.2 Å². The van der Waals surface area contributed by atoms with Gasteiger partial charge in [-0.15, -0.1) is 0 Å². The van der Waals surface area contributed by atoms with Crippen molar-refractivity contribution in [1.82, 2.24) is 0 Å². The molecule has 2 rings (SSSR count). The second kappa shape index (κ2) is 5.83. The Morgan fingerprint density at radius 1 is 0.704 bits per heavy atom. The lowest BCUT2D eigenvalue weighted by atomic mass is 9.96. The van der Waals surface area contributed by atoms with Crippen molar-refractivity contribution in [3.05, 3.63) is 46.3 Å². The normalized spacial score (nSPS) is 14.6. The molecule has 0 radical (unpaired) electrons. The smallest absolute Gasteiger partial charge is 0.454 e. The lowest BCUT2D eigenvalue weighted by Crippen LogP contribution is -2.65. The second-order valence-electron chi connectivity index (χ2n) is 5.27. The number of hydrogen-bond donors (Lipinski definition) is 0. The zero-order valence-corrected chi connectivity index (χ0v) is 12.4. The number of rotatable bonds is 4. The van der Waals surface area contributed by atoms with Crippen molar-refractivity contribution in [2.75, 3.05) is 0 Å². The third-order valence-corrected chi connectivity index (χ3v) is 3.48. The molecule has 1 heterocycles. The number of benzene rings is 1. The maximum atomic E-state index is 13.9. The molecule has 0 amide bonds. The Morgan fingerprint density at radius 3 is 1.74 bits per heavy atom. The summed E-state index contributed by atoms with van der Waals surface area (Å²) in [6, 6.07) is 3.64. The molecule has 2 aromatic rings. The first kappa shape index (κ1) is 21.0. The van der Waals surface area contributed by atoms with E-state index >= 15 is 0 Å². The van der Waals surface area contributed by atoms with Crippen LogP contribution < -0.4 is 5.43 Å². The number of fused-ring (bicyclic) bond motifs is 1. The molecule has 0 aliphatic carbocycles. The summed E-state index contributed by atoms with van der Waals surface area (Å²) < 4.78 is 147. The number of alkyl halides is 11. The van der Waals surface area contributed by atoms with Crippen LogP contribution in [0.25, 0.3) is 11.0 Å². The lowest BCUT2D eigenvalue weighted by Gasteiger charge is -2.36. The predicted octanol–water partition coefficient (Wildman–Crippen LogP) is 5.35. The fourth-order valence-corrected chi connectivity index (χ4v) is 1.99. The molecule has 1 aromatic carbocycles. The Labute approximate surface area is 141 Å². The summed E-state index contributed by atoms with van der Waals surface area (Å²) in [6.07, 6.45) is -7.26. The number of hydrogen-bond acceptors (Lipinski definition) is 2. The third-order valence-electron chi connectivity index (χ3n) is 3.48. The number of para-hydroxylation sites is 1. The molecule has 150 valence electrons. The lowest BCUT2D eigenvalue weighted by molar-refractivity contribution is -0.426. The van der Waals surface area contributed by atoms with Crippen LogP contribution in [0.4, 0.5) is 48.3 Å². The Morgan fingerprint density at radius 2 is 1.22 bits per heavy atom. The Bertz CT molecular complexity index is 911. The van der Waals surface area contributed by atoms with Gasteiger partial charge >= 0.3 is 29.9 Å². The van der Waals surface area contributed by atoms with E-state index in [1.54, 1.807) is 0 Å². The molecule has 0 aliphatic heterocycles. The minimum atomic E-state index is -7.58. The largest absolute Gasteiger partial charge is 0.460 e. The van der Waals surface area contributed by atoms with E-state index in [0.717, 1.165) is 18.2 Å². The molecule has 0 spiro atoms. The summed E-state index contributed by atoms with van der Waals surface area (Å²) in [5.74, 6) is -31.3. The molecule has 0 aliphatic rings. The van der Waals surface area contributed by atoms with Crippen molar-refractivity contribution in [3.63, 3.8) is 0 Å². The fraction of sp³-hybridized carbons (Fsp3) is 0.357. The molecule has 0 bridgehead atoms. The second-order valence-corrected chi connectivity index (χ2v) is 5.27. The van der Waals surface area contributed by atoms with E-state index in [2.05, 4.69) is 4.42 Å². The molecular formula is C14H5F11O2. The average molecular weight is 414 g/mol. The SMILES string of the molecule is O=c1cc(C(F)(F)C(F)(F)C(F)(F)C(F)(F)C(F)(F)F)oc2ccccc12. The summed E-state index contributed by atoms with van der Waals surface area (Å²) in [6.45, 7) is 0. The first-order chi connectivity index (χ1) is 12.0. The molecule has 0 N–H and O–H groups in total. The van der Waals surface area contributed by atoms with Gasteiger partial charge in [-0.3, -0.25) is 4.79 Å². The zero-order chi connectivity index (χ0) is 21.1. The van der Waals surface area contributed by atoms with Gasteiger partial charge in [-0.1, -0.05) is 12.1 Å². The molecule has 0 saturated carbocycles. The van der Waals surface area contributed by atoms with Crippen LogP contribution in [0.2, 0.25) is 0 Å². The molecule has 1 aromatic heterocycles. The van der Waals surface area contributed by atoms with E-state index < -0.39 is 58.1 Å². The van der Waals surface area contributed by atoms with Crippen LogP contribution in [-0.4, -0.2) is 23.9 Å². The van der Waals surface area contributed by atoms with Crippen molar-refractivity contribution in [1.29, 1.82) is 0 Å². The average Bonchev–Trinajstić information content (AvgIpc) is 2.53. The molecular weight excluding hydrogens is 409 g/mol. The minimum absolute atomic E-state index is 0.391. The summed E-state index contributed by atoms with van der Waals surface area (Å²) in [5.41, 5.74) is -2.24. The molecule has 0 unspecified atom stereocenters. The van der Waals surface area contributed by atoms with Gasteiger partial charge in [0.15, 0.2) is 11.2 Å². The van der Waals surface area contributed by atoms with Gasteiger partial charge in [0, 0.05) is 6.07 Å². The maximum Gasteiger partial charge on any atom is 0.460 e. The van der Waals surface area contributed by atoms with Crippen LogP contribution in [0.1, 0.15) is 5.76 Å². The summed E-state index contributed by atoms with van der Waals surface area (Å²) in [7, 11) is 0. The summed E-state index contributed by atoms with van der Waals surface area (Å²) in [4.78, 5) is 11.6. The van der Waals surface area contributed by atoms with Crippen LogP contribution in [0, 0.1) is 0 Å². The Hall–Kier alpha value is -2.34. The van der Waals surface area contributed by atoms with Crippen LogP contribution in [0.3, 0.4) is 0 Å². The quantitative estimate of drug-likeness (QED) is 0.632. The molecule has 2 nitrogen and oxygen atoms in total. The highest BCUT2D eigenvalue weighted by molar-refractivity contribution is 5.76. The van der Waals surface area contributed by atoms with Gasteiger partial charge in [0.2, 0.25) is 0 Å². The third kappa shape index (κ3) is 2.83. The van der Waals surface area contributed by atoms with Crippen molar-refractivity contribution in [3.8, 4) is 0 Å². The van der Waals surface area contributed by atoms with Gasteiger partial charge in [0.1, 0.15) is 5.58 Å². The summed E-state index contributed by atoms with van der Waals surface area (Å²) >= 11 is 0. The van der Waals surface area contributed by atoms with E-state index in [1.165, 1.54) is 6.07 Å². The van der Waals surface area contributed by atoms with E-state index in [0.29, 0.717) is 0 Å². The Kier molecular flexibility index (Phi) is 4.52. The van der Waals surface area contributed by atoms with Crippen LogP contribution in [-0.2, 0) is 5.92 Å². The van der Waals surface area contributed by atoms with Gasteiger partial charge < -0.3 is 4.42 Å². The molecule has 13 heteroatoms. The van der Waals surface area contributed by atoms with Crippen molar-refractivity contribution < 1.29 is 52.7 Å². The zero-order valence-electron chi connectivity index (χ0n) is 12.4. The van der Waals surface area contributed by atoms with E-state index in [1.807, 2.05) is 0 Å². The highest BCUT2D eigenvalue weighted by Crippen LogP contribution is 2.59. The standard InChI is InChI=1S/C14H5F11O2/c15-10(16,9-5-7(26)6-3-1-2-4-8(6)27-9)11(17,18)12(19,20)13(21,22)14(23,24)25/h1-5H. The van der Waals surface area contributed by atoms with E-state index in [4.69, 9.17) is 0 Å². The molecule has 0 fully saturated rings. The monoisotopic (exact) mass is 414 g/mol. The van der Waals surface area contributed by atoms with Gasteiger partial charge in [-0.2, -0.15) is 48.3 Å². The van der Waals surface area contributed by atoms with Gasteiger partial charge in [0.25, 0.3) is 0 Å². The van der Waals surface area contributed by atoms with Crippen molar-refractivity contribution in [2.45, 2.75) is 29.9 Å². The highest BCUT2D eigenvalue weighted by Gasteiger charge is 2.87. The van der Waals surface area contributed by atoms with Gasteiger partial charge in [-0.25, -0.2) is 0 Å². The Balaban J connectivity index is 2.68. The predicted molar refractivity (Wildman–Crippen MR) is 67.3 cm³/mol.